The fourth-order valence-corrected chi connectivity index (χ4v) is 7.36. The monoisotopic (exact) mass is 1060 g/mol. The predicted octanol–water partition coefficient (Wildman–Crippen LogP) is -6.52. The largest absolute Gasteiger partial charge is 0.481 e. The van der Waals surface area contributed by atoms with Gasteiger partial charge >= 0.3 is 29.8 Å². The van der Waals surface area contributed by atoms with Crippen molar-refractivity contribution in [2.75, 3.05) is 26.2 Å². The van der Waals surface area contributed by atoms with Crippen molar-refractivity contribution in [1.82, 2.24) is 42.1 Å². The fourth-order valence-electron chi connectivity index (χ4n) is 7.36. The average Bonchev–Trinajstić information content (AvgIpc) is 3.82. The lowest BCUT2D eigenvalue weighted by Gasteiger charge is -2.30. The van der Waals surface area contributed by atoms with Crippen LogP contribution in [0.2, 0.25) is 0 Å². The standard InChI is InChI=1S/C43H71N11O20/c1-21(56)34(53-35(65)22(46)7-2-4-16-44)41(71)49-25(11-14-31(59)60)37(67)47-23(8-3-5-17-45)36(66)51-27(19-33(63)64)42(72)54-18-6-9-29(54)40(70)48-24(10-13-30(57)58)38(68)52-28(20-55)39(69)50-26(43(73)74)12-15-32(61)62/h21-29,34,55-56H,2-20,44-46H2,1H3,(H,47,67)(H,48,70)(H,49,71)(H,50,69)(H,51,66)(H,52,68)(H,53,65)(H,57,58)(H,59,60)(H,61,62)(H,63,64)(H,73,74)/t21-,22+,23+,24+,25+,26+,27+,28+,29+,34+/m1/s1. The van der Waals surface area contributed by atoms with Crippen LogP contribution in [0.25, 0.3) is 0 Å². The Morgan fingerprint density at radius 3 is 1.43 bits per heavy atom. The first-order valence-electron chi connectivity index (χ1n) is 23.8. The summed E-state index contributed by atoms with van der Waals surface area (Å²) in [5.74, 6) is -16.5. The number of likely N-dealkylation sites (tertiary alicyclic amines) is 1. The molecule has 74 heavy (non-hydrogen) atoms. The summed E-state index contributed by atoms with van der Waals surface area (Å²) in [4.78, 5) is 167. The van der Waals surface area contributed by atoms with Crippen molar-refractivity contribution in [1.29, 1.82) is 0 Å². The molecule has 8 amide bonds. The van der Waals surface area contributed by atoms with Gasteiger partial charge in [0.15, 0.2) is 0 Å². The number of unbranched alkanes of at least 4 members (excludes halogenated alkanes) is 2. The van der Waals surface area contributed by atoms with Crippen molar-refractivity contribution in [2.24, 2.45) is 17.2 Å². The molecule has 0 spiro atoms. The summed E-state index contributed by atoms with van der Waals surface area (Å²) in [6.07, 6.45) is -5.21. The smallest absolute Gasteiger partial charge is 0.326 e. The molecule has 1 heterocycles. The minimum Gasteiger partial charge on any atom is -0.481 e. The van der Waals surface area contributed by atoms with Crippen LogP contribution in [-0.2, 0) is 62.3 Å². The zero-order valence-corrected chi connectivity index (χ0v) is 40.8. The number of hydrogen-bond acceptors (Lipinski definition) is 18. The van der Waals surface area contributed by atoms with E-state index in [4.69, 9.17) is 22.3 Å². The molecule has 0 aliphatic carbocycles. The molecule has 0 aromatic carbocycles. The summed E-state index contributed by atoms with van der Waals surface area (Å²) in [6, 6.07) is -15.0. The van der Waals surface area contributed by atoms with E-state index in [1.807, 2.05) is 5.32 Å². The van der Waals surface area contributed by atoms with E-state index in [2.05, 4.69) is 31.9 Å². The number of nitrogens with one attached hydrogen (secondary N) is 7. The first-order valence-corrected chi connectivity index (χ1v) is 23.8. The number of nitrogens with two attached hydrogens (primary N) is 3. The number of nitrogens with zero attached hydrogens (tertiary/aromatic N) is 1. The molecule has 1 rings (SSSR count). The van der Waals surface area contributed by atoms with Gasteiger partial charge in [-0.15, -0.1) is 0 Å². The highest BCUT2D eigenvalue weighted by Crippen LogP contribution is 2.20. The number of carboxylic acids is 5. The van der Waals surface area contributed by atoms with Gasteiger partial charge in [-0.1, -0.05) is 6.42 Å². The quantitative estimate of drug-likeness (QED) is 0.0257. The summed E-state index contributed by atoms with van der Waals surface area (Å²) >= 11 is 0. The van der Waals surface area contributed by atoms with Gasteiger partial charge in [0.2, 0.25) is 47.3 Å². The molecule has 1 fully saturated rings. The summed E-state index contributed by atoms with van der Waals surface area (Å²) in [5, 5.41) is 82.7. The molecule has 0 unspecified atom stereocenters. The first-order chi connectivity index (χ1) is 34.8. The predicted molar refractivity (Wildman–Crippen MR) is 251 cm³/mol. The summed E-state index contributed by atoms with van der Waals surface area (Å²) in [7, 11) is 0. The minimum atomic E-state index is -1.94. The van der Waals surface area contributed by atoms with Gasteiger partial charge in [-0.2, -0.15) is 0 Å². The van der Waals surface area contributed by atoms with Gasteiger partial charge in [0.05, 0.1) is 25.2 Å². The number of hydrogen-bond donors (Lipinski definition) is 17. The maximum Gasteiger partial charge on any atom is 0.326 e. The van der Waals surface area contributed by atoms with Crippen LogP contribution in [0.1, 0.15) is 103 Å². The number of aliphatic hydroxyl groups excluding tert-OH is 2. The van der Waals surface area contributed by atoms with Gasteiger partial charge in [0.25, 0.3) is 0 Å². The summed E-state index contributed by atoms with van der Waals surface area (Å²) in [5.41, 5.74) is 17.0. The van der Waals surface area contributed by atoms with E-state index in [0.29, 0.717) is 19.4 Å². The summed E-state index contributed by atoms with van der Waals surface area (Å²) in [6.45, 7) is 0.225. The number of carbonyl (C=O) groups is 13. The second-order valence-electron chi connectivity index (χ2n) is 17.4. The van der Waals surface area contributed by atoms with Crippen LogP contribution >= 0.6 is 0 Å². The number of rotatable bonds is 37. The van der Waals surface area contributed by atoms with E-state index in [1.165, 1.54) is 0 Å². The van der Waals surface area contributed by atoms with Crippen LogP contribution in [0.4, 0.5) is 0 Å². The molecule has 0 saturated carbocycles. The van der Waals surface area contributed by atoms with Crippen LogP contribution in [0, 0.1) is 0 Å². The number of carbonyl (C=O) groups excluding carboxylic acids is 8. The van der Waals surface area contributed by atoms with E-state index >= 15 is 0 Å². The zero-order chi connectivity index (χ0) is 56.2. The maximum atomic E-state index is 14.1. The fraction of sp³-hybridized carbons (Fsp3) is 0.698. The van der Waals surface area contributed by atoms with E-state index in [0.717, 1.165) is 11.8 Å². The molecule has 0 radical (unpaired) electrons. The second-order valence-corrected chi connectivity index (χ2v) is 17.4. The van der Waals surface area contributed by atoms with Gasteiger partial charge in [-0.25, -0.2) is 4.79 Å². The lowest BCUT2D eigenvalue weighted by molar-refractivity contribution is -0.146. The van der Waals surface area contributed by atoms with Gasteiger partial charge < -0.3 is 95.1 Å². The topological polar surface area (TPSA) is 529 Å². The van der Waals surface area contributed by atoms with Crippen molar-refractivity contribution in [3.63, 3.8) is 0 Å². The first kappa shape index (κ1) is 64.9. The van der Waals surface area contributed by atoms with Crippen LogP contribution in [0.3, 0.4) is 0 Å². The van der Waals surface area contributed by atoms with Gasteiger partial charge in [0, 0.05) is 25.8 Å². The highest BCUT2D eigenvalue weighted by molar-refractivity contribution is 5.99. The lowest BCUT2D eigenvalue weighted by atomic mass is 10.0. The molecule has 31 nitrogen and oxygen atoms in total. The van der Waals surface area contributed by atoms with Gasteiger partial charge in [0.1, 0.15) is 48.3 Å². The van der Waals surface area contributed by atoms with Crippen molar-refractivity contribution in [3.05, 3.63) is 0 Å². The van der Waals surface area contributed by atoms with E-state index in [1.54, 1.807) is 0 Å². The molecule has 0 aromatic heterocycles. The van der Waals surface area contributed by atoms with Crippen molar-refractivity contribution >= 4 is 77.1 Å². The molecule has 1 aliphatic heterocycles. The molecular weight excluding hydrogens is 991 g/mol. The summed E-state index contributed by atoms with van der Waals surface area (Å²) < 4.78 is 0. The Balaban J connectivity index is 3.42. The Morgan fingerprint density at radius 1 is 0.527 bits per heavy atom. The zero-order valence-electron chi connectivity index (χ0n) is 40.8. The highest BCUT2D eigenvalue weighted by Gasteiger charge is 2.41. The Morgan fingerprint density at radius 2 is 0.959 bits per heavy atom. The third-order valence-electron chi connectivity index (χ3n) is 11.4. The average molecular weight is 1060 g/mol. The molecular formula is C43H71N11O20. The number of amides is 8. The van der Waals surface area contributed by atoms with Crippen LogP contribution < -0.4 is 54.4 Å². The third kappa shape index (κ3) is 23.6. The van der Waals surface area contributed by atoms with Crippen molar-refractivity contribution < 1.29 is 98.1 Å². The highest BCUT2D eigenvalue weighted by atomic mass is 16.4. The molecule has 31 heteroatoms. The van der Waals surface area contributed by atoms with E-state index < -0.39 is 189 Å². The third-order valence-corrected chi connectivity index (χ3v) is 11.4. The van der Waals surface area contributed by atoms with Crippen LogP contribution in [0.5, 0.6) is 0 Å². The molecule has 0 aromatic rings. The normalized spacial score (nSPS) is 16.7. The molecule has 1 aliphatic rings. The molecule has 1 saturated heterocycles. The Bertz CT molecular complexity index is 1990. The SMILES string of the molecule is C[C@@H](O)[C@H](NC(=O)[C@@H](N)CCCCN)C(=O)N[C@@H](CCC(=O)O)C(=O)N[C@@H](CCCCN)C(=O)N[C@@H](CC(=O)O)C(=O)N1CCC[C@H]1C(=O)N[C@@H](CCC(=O)O)C(=O)N[C@@H](CO)C(=O)N[C@@H](CCC(=O)O)C(=O)O. The van der Waals surface area contributed by atoms with Crippen LogP contribution in [-0.4, -0.2) is 204 Å². The number of aliphatic hydroxyl groups is 2. The minimum absolute atomic E-state index is 0.103. The molecule has 0 bridgehead atoms. The maximum absolute atomic E-state index is 14.1. The van der Waals surface area contributed by atoms with Crippen LogP contribution in [0.15, 0.2) is 0 Å². The Labute approximate surface area is 423 Å². The molecule has 418 valence electrons. The van der Waals surface area contributed by atoms with E-state index in [9.17, 15) is 93.0 Å². The molecule has 20 N–H and O–H groups in total. The van der Waals surface area contributed by atoms with Crippen molar-refractivity contribution in [3.8, 4) is 0 Å². The second kappa shape index (κ2) is 33.6. The van der Waals surface area contributed by atoms with Gasteiger partial charge in [-0.3, -0.25) is 57.5 Å². The Kier molecular flexibility index (Phi) is 29.5. The number of carboxylic acid groups (broad SMARTS) is 5. The molecule has 10 atom stereocenters. The van der Waals surface area contributed by atoms with E-state index in [-0.39, 0.29) is 51.6 Å². The number of aliphatic carboxylic acids is 5. The Hall–Kier alpha value is -7.09. The van der Waals surface area contributed by atoms with Gasteiger partial charge in [-0.05, 0) is 84.2 Å². The van der Waals surface area contributed by atoms with Crippen molar-refractivity contribution in [2.45, 2.75) is 164 Å². The lowest BCUT2D eigenvalue weighted by Crippen LogP contribution is -2.61.